The second-order valence-electron chi connectivity index (χ2n) is 7.85. The lowest BCUT2D eigenvalue weighted by Crippen LogP contribution is -2.29. The highest BCUT2D eigenvalue weighted by Gasteiger charge is 2.34. The quantitative estimate of drug-likeness (QED) is 0.202. The molecule has 3 aromatic carbocycles. The molecule has 0 fully saturated rings. The van der Waals surface area contributed by atoms with Gasteiger partial charge in [0.1, 0.15) is 17.9 Å². The van der Waals surface area contributed by atoms with E-state index in [1.165, 1.54) is 24.3 Å². The predicted molar refractivity (Wildman–Crippen MR) is 125 cm³/mol. The molecule has 2 heterocycles. The number of rotatable bonds is 6. The summed E-state index contributed by atoms with van der Waals surface area (Å²) < 4.78 is 11.7. The van der Waals surface area contributed by atoms with Crippen LogP contribution in [0.3, 0.4) is 0 Å². The van der Waals surface area contributed by atoms with Gasteiger partial charge in [0.05, 0.1) is 10.6 Å². The van der Waals surface area contributed by atoms with Crippen LogP contribution in [0.2, 0.25) is 0 Å². The summed E-state index contributed by atoms with van der Waals surface area (Å²) in [5.41, 5.74) is 3.09. The van der Waals surface area contributed by atoms with E-state index in [9.17, 15) is 14.9 Å². The van der Waals surface area contributed by atoms with E-state index < -0.39 is 4.92 Å². The number of benzene rings is 3. The minimum Gasteiger partial charge on any atom is -0.489 e. The number of hydrogen-bond donors (Lipinski definition) is 0. The molecule has 0 saturated heterocycles. The number of alkyl halides is 1. The first-order valence-electron chi connectivity index (χ1n) is 10.4. The Balaban J connectivity index is 1.44. The van der Waals surface area contributed by atoms with E-state index in [0.29, 0.717) is 35.8 Å². The molecule has 0 bridgehead atoms. The fourth-order valence-electron chi connectivity index (χ4n) is 4.06. The maximum atomic E-state index is 13.4. The Morgan fingerprint density at radius 2 is 1.94 bits per heavy atom. The number of nitro benzene ring substituents is 1. The summed E-state index contributed by atoms with van der Waals surface area (Å²) in [6.45, 7) is 0.825. The van der Waals surface area contributed by atoms with Gasteiger partial charge in [-0.15, -0.1) is 11.6 Å². The molecule has 166 valence electrons. The molecule has 33 heavy (non-hydrogen) atoms. The van der Waals surface area contributed by atoms with Gasteiger partial charge in [0.2, 0.25) is 0 Å². The standard InChI is InChI=1S/C25H19ClN2O5/c26-13-18-14-27(25(29)24-11-17-10-19(28(30)31)6-9-23(17)33-24)22-12-20(7-8-21(18)22)32-15-16-4-2-1-3-5-16/h1-12,18H,13-15H2. The van der Waals surface area contributed by atoms with Gasteiger partial charge in [0.15, 0.2) is 5.76 Å². The van der Waals surface area contributed by atoms with Crippen molar-refractivity contribution in [1.82, 2.24) is 0 Å². The number of nitrogens with zero attached hydrogens (tertiary/aromatic N) is 2. The first-order chi connectivity index (χ1) is 16.0. The van der Waals surface area contributed by atoms with Crippen molar-refractivity contribution in [2.75, 3.05) is 17.3 Å². The molecule has 0 spiro atoms. The summed E-state index contributed by atoms with van der Waals surface area (Å²) in [6, 6.07) is 21.3. The molecule has 4 aromatic rings. The minimum absolute atomic E-state index is 0.0146. The fraction of sp³-hybridized carbons (Fsp3) is 0.160. The second-order valence-corrected chi connectivity index (χ2v) is 8.16. The highest BCUT2D eigenvalue weighted by Crippen LogP contribution is 2.40. The highest BCUT2D eigenvalue weighted by atomic mass is 35.5. The highest BCUT2D eigenvalue weighted by molar-refractivity contribution is 6.19. The van der Waals surface area contributed by atoms with Crippen LogP contribution in [0, 0.1) is 10.1 Å². The summed E-state index contributed by atoms with van der Waals surface area (Å²) in [5.74, 6) is 0.781. The van der Waals surface area contributed by atoms with E-state index in [2.05, 4.69) is 0 Å². The monoisotopic (exact) mass is 462 g/mol. The maximum Gasteiger partial charge on any atom is 0.294 e. The molecule has 0 saturated carbocycles. The fourth-order valence-corrected chi connectivity index (χ4v) is 4.32. The van der Waals surface area contributed by atoms with Crippen molar-refractivity contribution in [3.05, 3.63) is 99.8 Å². The third-order valence-electron chi connectivity index (χ3n) is 5.74. The van der Waals surface area contributed by atoms with E-state index in [1.807, 2.05) is 48.5 Å². The van der Waals surface area contributed by atoms with Gasteiger partial charge >= 0.3 is 0 Å². The van der Waals surface area contributed by atoms with E-state index in [4.69, 9.17) is 20.8 Å². The Bertz CT molecular complexity index is 1350. The van der Waals surface area contributed by atoms with Crippen LogP contribution in [0.5, 0.6) is 5.75 Å². The van der Waals surface area contributed by atoms with E-state index >= 15 is 0 Å². The third kappa shape index (κ3) is 4.03. The number of nitro groups is 1. The minimum atomic E-state index is -0.479. The second kappa shape index (κ2) is 8.60. The number of non-ortho nitro benzene ring substituents is 1. The van der Waals surface area contributed by atoms with Gasteiger partial charge < -0.3 is 14.1 Å². The number of halogens is 1. The zero-order valence-electron chi connectivity index (χ0n) is 17.4. The van der Waals surface area contributed by atoms with E-state index in [0.717, 1.165) is 16.8 Å². The van der Waals surface area contributed by atoms with Crippen molar-refractivity contribution in [1.29, 1.82) is 0 Å². The number of hydrogen-bond acceptors (Lipinski definition) is 5. The van der Waals surface area contributed by atoms with Crippen molar-refractivity contribution >= 4 is 39.9 Å². The Labute approximate surface area is 194 Å². The number of carbonyl (C=O) groups is 1. The normalized spacial score (nSPS) is 14.9. The zero-order chi connectivity index (χ0) is 22.9. The molecular formula is C25H19ClN2O5. The van der Waals surface area contributed by atoms with Crippen molar-refractivity contribution in [2.45, 2.75) is 12.5 Å². The molecule has 7 nitrogen and oxygen atoms in total. The van der Waals surface area contributed by atoms with Gasteiger partial charge in [-0.2, -0.15) is 0 Å². The van der Waals surface area contributed by atoms with Crippen LogP contribution in [0.25, 0.3) is 11.0 Å². The number of fused-ring (bicyclic) bond motifs is 2. The lowest BCUT2D eigenvalue weighted by molar-refractivity contribution is -0.384. The first kappa shape index (κ1) is 21.0. The number of furan rings is 1. The Hall–Kier alpha value is -3.84. The van der Waals surface area contributed by atoms with Crippen molar-refractivity contribution in [2.24, 2.45) is 0 Å². The number of anilines is 1. The van der Waals surface area contributed by atoms with Crippen LogP contribution < -0.4 is 9.64 Å². The third-order valence-corrected chi connectivity index (χ3v) is 6.11. The van der Waals surface area contributed by atoms with Crippen LogP contribution in [0.1, 0.15) is 27.6 Å². The molecule has 5 rings (SSSR count). The lowest BCUT2D eigenvalue weighted by Gasteiger charge is -2.17. The van der Waals surface area contributed by atoms with Crippen LogP contribution in [0.4, 0.5) is 11.4 Å². The van der Waals surface area contributed by atoms with Crippen molar-refractivity contribution in [3.8, 4) is 5.75 Å². The molecule has 0 N–H and O–H groups in total. The Morgan fingerprint density at radius 1 is 1.12 bits per heavy atom. The van der Waals surface area contributed by atoms with Gasteiger partial charge in [-0.05, 0) is 29.3 Å². The van der Waals surface area contributed by atoms with Crippen molar-refractivity contribution in [3.63, 3.8) is 0 Å². The smallest absolute Gasteiger partial charge is 0.294 e. The molecule has 1 atom stereocenters. The molecule has 8 heteroatoms. The van der Waals surface area contributed by atoms with Gasteiger partial charge in [0, 0.05) is 41.9 Å². The summed E-state index contributed by atoms with van der Waals surface area (Å²) in [7, 11) is 0. The van der Waals surface area contributed by atoms with Gasteiger partial charge in [-0.25, -0.2) is 0 Å². The van der Waals surface area contributed by atoms with E-state index in [-0.39, 0.29) is 23.3 Å². The molecule has 1 aliphatic rings. The summed E-state index contributed by atoms with van der Waals surface area (Å²) >= 11 is 6.19. The molecular weight excluding hydrogens is 444 g/mol. The SMILES string of the molecule is O=C(c1cc2cc([N+](=O)[O-])ccc2o1)N1CC(CCl)c2ccc(OCc3ccccc3)cc21. The molecule has 0 radical (unpaired) electrons. The molecule has 1 unspecified atom stereocenters. The predicted octanol–water partition coefficient (Wildman–Crippen LogP) is 5.90. The molecule has 1 amide bonds. The maximum absolute atomic E-state index is 13.4. The van der Waals surface area contributed by atoms with Crippen LogP contribution >= 0.6 is 11.6 Å². The van der Waals surface area contributed by atoms with Gasteiger partial charge in [0.25, 0.3) is 11.6 Å². The van der Waals surface area contributed by atoms with Crippen molar-refractivity contribution < 1.29 is 18.9 Å². The first-order valence-corrected chi connectivity index (χ1v) is 10.9. The topological polar surface area (TPSA) is 85.8 Å². The summed E-state index contributed by atoms with van der Waals surface area (Å²) in [4.78, 5) is 25.6. The number of amides is 1. The molecule has 1 aromatic heterocycles. The Morgan fingerprint density at radius 3 is 2.70 bits per heavy atom. The van der Waals surface area contributed by atoms with Crippen LogP contribution in [-0.4, -0.2) is 23.3 Å². The zero-order valence-corrected chi connectivity index (χ0v) is 18.2. The van der Waals surface area contributed by atoms with Gasteiger partial charge in [-0.3, -0.25) is 14.9 Å². The lowest BCUT2D eigenvalue weighted by atomic mass is 10.0. The summed E-state index contributed by atoms with van der Waals surface area (Å²) in [5, 5.41) is 11.6. The van der Waals surface area contributed by atoms with Crippen LogP contribution in [0.15, 0.2) is 77.2 Å². The number of carbonyl (C=O) groups excluding carboxylic acids is 1. The Kier molecular flexibility index (Phi) is 5.48. The molecule has 0 aliphatic carbocycles. The molecule has 1 aliphatic heterocycles. The summed E-state index contributed by atoms with van der Waals surface area (Å²) in [6.07, 6.45) is 0. The largest absolute Gasteiger partial charge is 0.489 e. The average molecular weight is 463 g/mol. The average Bonchev–Trinajstić information content (AvgIpc) is 3.43. The van der Waals surface area contributed by atoms with Gasteiger partial charge in [-0.1, -0.05) is 36.4 Å². The van der Waals surface area contributed by atoms with E-state index in [1.54, 1.807) is 4.90 Å². The number of ether oxygens (including phenoxy) is 1. The van der Waals surface area contributed by atoms with Crippen LogP contribution in [-0.2, 0) is 6.61 Å².